The van der Waals surface area contributed by atoms with Crippen molar-refractivity contribution in [2.24, 2.45) is 5.92 Å². The van der Waals surface area contributed by atoms with Crippen molar-refractivity contribution in [3.05, 3.63) is 48.2 Å². The fourth-order valence-electron chi connectivity index (χ4n) is 2.99. The Morgan fingerprint density at radius 2 is 1.80 bits per heavy atom. The third-order valence-corrected chi connectivity index (χ3v) is 6.15. The summed E-state index contributed by atoms with van der Waals surface area (Å²) in [6.45, 7) is 6.32. The number of rotatable bonds is 5. The van der Waals surface area contributed by atoms with E-state index in [0.29, 0.717) is 5.69 Å². The number of anilines is 2. The maximum atomic E-state index is 12.5. The molecule has 2 aromatic rings. The summed E-state index contributed by atoms with van der Waals surface area (Å²) in [4.78, 5) is 6.95. The van der Waals surface area contributed by atoms with Gasteiger partial charge in [-0.15, -0.1) is 0 Å². The highest BCUT2D eigenvalue weighted by Gasteiger charge is 2.18. The van der Waals surface area contributed by atoms with Crippen LogP contribution >= 0.6 is 0 Å². The van der Waals surface area contributed by atoms with E-state index in [0.717, 1.165) is 36.8 Å². The predicted octanol–water partition coefficient (Wildman–Crippen LogP) is 3.68. The van der Waals surface area contributed by atoms with Crippen molar-refractivity contribution in [2.75, 3.05) is 22.7 Å². The first-order valence-electron chi connectivity index (χ1n) is 8.80. The largest absolute Gasteiger partial charge is 0.357 e. The third-order valence-electron chi connectivity index (χ3n) is 4.75. The molecule has 1 aromatic heterocycles. The fourth-order valence-corrected chi connectivity index (χ4v) is 4.03. The van der Waals surface area contributed by atoms with Crippen LogP contribution in [0.1, 0.15) is 32.3 Å². The average Bonchev–Trinajstić information content (AvgIpc) is 2.63. The number of pyridine rings is 1. The van der Waals surface area contributed by atoms with E-state index >= 15 is 0 Å². The molecule has 3 rings (SSSR count). The van der Waals surface area contributed by atoms with Gasteiger partial charge in [0.05, 0.1) is 16.8 Å². The molecule has 0 spiro atoms. The lowest BCUT2D eigenvalue weighted by molar-refractivity contribution is 0.436. The summed E-state index contributed by atoms with van der Waals surface area (Å²) in [5.41, 5.74) is 1.59. The van der Waals surface area contributed by atoms with Gasteiger partial charge in [-0.05, 0) is 55.0 Å². The molecule has 0 bridgehead atoms. The van der Waals surface area contributed by atoms with Gasteiger partial charge in [0.1, 0.15) is 5.82 Å². The minimum atomic E-state index is -3.59. The van der Waals surface area contributed by atoms with Gasteiger partial charge in [0.25, 0.3) is 10.0 Å². The highest BCUT2D eigenvalue weighted by Crippen LogP contribution is 2.23. The van der Waals surface area contributed by atoms with Crippen LogP contribution in [0.3, 0.4) is 0 Å². The Morgan fingerprint density at radius 1 is 1.12 bits per heavy atom. The van der Waals surface area contributed by atoms with Gasteiger partial charge < -0.3 is 4.90 Å². The van der Waals surface area contributed by atoms with E-state index < -0.39 is 10.0 Å². The van der Waals surface area contributed by atoms with Gasteiger partial charge in [-0.2, -0.15) is 0 Å². The topological polar surface area (TPSA) is 62.3 Å². The monoisotopic (exact) mass is 359 g/mol. The molecule has 0 amide bonds. The number of aromatic nitrogens is 1. The standard InChI is InChI=1S/C19H25N3O2S/c1-3-16-4-7-18(8-5-16)25(23,24)21-17-6-9-19(20-14-17)22-12-10-15(2)11-13-22/h4-9,14-15,21H,3,10-13H2,1-2H3. The molecule has 1 N–H and O–H groups in total. The van der Waals surface area contributed by atoms with Gasteiger partial charge in [0, 0.05) is 13.1 Å². The number of aryl methyl sites for hydroxylation is 1. The number of nitrogens with zero attached hydrogens (tertiary/aromatic N) is 2. The van der Waals surface area contributed by atoms with E-state index in [9.17, 15) is 8.42 Å². The summed E-state index contributed by atoms with van der Waals surface area (Å²) < 4.78 is 27.5. The van der Waals surface area contributed by atoms with Crippen molar-refractivity contribution >= 4 is 21.5 Å². The summed E-state index contributed by atoms with van der Waals surface area (Å²) in [5, 5.41) is 0. The zero-order valence-electron chi connectivity index (χ0n) is 14.8. The number of hydrogen-bond acceptors (Lipinski definition) is 4. The molecular formula is C19H25N3O2S. The lowest BCUT2D eigenvalue weighted by atomic mass is 9.99. The zero-order valence-corrected chi connectivity index (χ0v) is 15.6. The van der Waals surface area contributed by atoms with Crippen LogP contribution in [0.2, 0.25) is 0 Å². The quantitative estimate of drug-likeness (QED) is 0.884. The van der Waals surface area contributed by atoms with E-state index in [4.69, 9.17) is 0 Å². The van der Waals surface area contributed by atoms with Crippen LogP contribution in [-0.4, -0.2) is 26.5 Å². The second-order valence-corrected chi connectivity index (χ2v) is 8.36. The molecule has 134 valence electrons. The average molecular weight is 359 g/mol. The highest BCUT2D eigenvalue weighted by molar-refractivity contribution is 7.92. The molecular weight excluding hydrogens is 334 g/mol. The van der Waals surface area contributed by atoms with Gasteiger partial charge in [-0.1, -0.05) is 26.0 Å². The van der Waals surface area contributed by atoms with Crippen LogP contribution in [0, 0.1) is 5.92 Å². The molecule has 2 heterocycles. The highest BCUT2D eigenvalue weighted by atomic mass is 32.2. The molecule has 1 aromatic carbocycles. The second-order valence-electron chi connectivity index (χ2n) is 6.68. The normalized spacial score (nSPS) is 16.0. The Hall–Kier alpha value is -2.08. The molecule has 0 atom stereocenters. The van der Waals surface area contributed by atoms with Crippen molar-refractivity contribution in [3.8, 4) is 0 Å². The number of sulfonamides is 1. The van der Waals surface area contributed by atoms with Crippen LogP contribution < -0.4 is 9.62 Å². The molecule has 1 aliphatic heterocycles. The first kappa shape index (κ1) is 17.7. The van der Waals surface area contributed by atoms with Gasteiger partial charge >= 0.3 is 0 Å². The van der Waals surface area contributed by atoms with Crippen molar-refractivity contribution in [1.82, 2.24) is 4.98 Å². The summed E-state index contributed by atoms with van der Waals surface area (Å²) >= 11 is 0. The molecule has 0 radical (unpaired) electrons. The minimum Gasteiger partial charge on any atom is -0.357 e. The van der Waals surface area contributed by atoms with Crippen LogP contribution in [0.25, 0.3) is 0 Å². The number of piperidine rings is 1. The van der Waals surface area contributed by atoms with E-state index in [2.05, 4.69) is 21.5 Å². The predicted molar refractivity (Wildman–Crippen MR) is 101 cm³/mol. The molecule has 6 heteroatoms. The Morgan fingerprint density at radius 3 is 2.36 bits per heavy atom. The molecule has 0 aliphatic carbocycles. The lowest BCUT2D eigenvalue weighted by Gasteiger charge is -2.31. The number of nitrogens with one attached hydrogen (secondary N) is 1. The summed E-state index contributed by atoms with van der Waals surface area (Å²) in [5.74, 6) is 1.67. The SMILES string of the molecule is CCc1ccc(S(=O)(=O)Nc2ccc(N3CCC(C)CC3)nc2)cc1. The first-order valence-corrected chi connectivity index (χ1v) is 10.3. The van der Waals surface area contributed by atoms with Gasteiger partial charge in [-0.3, -0.25) is 4.72 Å². The Labute approximate surface area is 150 Å². The molecule has 0 saturated carbocycles. The van der Waals surface area contributed by atoms with Gasteiger partial charge in [0.15, 0.2) is 0 Å². The van der Waals surface area contributed by atoms with Crippen LogP contribution in [0.15, 0.2) is 47.5 Å². The van der Waals surface area contributed by atoms with E-state index in [1.165, 1.54) is 12.8 Å². The summed E-state index contributed by atoms with van der Waals surface area (Å²) in [6.07, 6.45) is 4.81. The van der Waals surface area contributed by atoms with Crippen molar-refractivity contribution in [1.29, 1.82) is 0 Å². The van der Waals surface area contributed by atoms with Crippen LogP contribution in [0.4, 0.5) is 11.5 Å². The molecule has 5 nitrogen and oxygen atoms in total. The maximum absolute atomic E-state index is 12.5. The summed E-state index contributed by atoms with van der Waals surface area (Å²) in [7, 11) is -3.59. The van der Waals surface area contributed by atoms with Gasteiger partial charge in [-0.25, -0.2) is 13.4 Å². The van der Waals surface area contributed by atoms with Crippen LogP contribution in [0.5, 0.6) is 0 Å². The third kappa shape index (κ3) is 4.31. The van der Waals surface area contributed by atoms with Gasteiger partial charge in [0.2, 0.25) is 0 Å². The zero-order chi connectivity index (χ0) is 17.9. The van der Waals surface area contributed by atoms with E-state index in [-0.39, 0.29) is 4.90 Å². The Balaban J connectivity index is 1.69. The lowest BCUT2D eigenvalue weighted by Crippen LogP contribution is -2.33. The molecule has 25 heavy (non-hydrogen) atoms. The second kappa shape index (κ2) is 7.44. The summed E-state index contributed by atoms with van der Waals surface area (Å²) in [6, 6.07) is 10.6. The fraction of sp³-hybridized carbons (Fsp3) is 0.421. The van der Waals surface area contributed by atoms with Crippen molar-refractivity contribution in [2.45, 2.75) is 38.0 Å². The van der Waals surface area contributed by atoms with E-state index in [1.54, 1.807) is 24.4 Å². The molecule has 1 fully saturated rings. The number of hydrogen-bond donors (Lipinski definition) is 1. The van der Waals surface area contributed by atoms with E-state index in [1.807, 2.05) is 25.1 Å². The minimum absolute atomic E-state index is 0.263. The number of benzene rings is 1. The molecule has 0 unspecified atom stereocenters. The molecule has 1 saturated heterocycles. The maximum Gasteiger partial charge on any atom is 0.261 e. The Kier molecular flexibility index (Phi) is 5.27. The Bertz CT molecular complexity index is 794. The van der Waals surface area contributed by atoms with Crippen LogP contribution in [-0.2, 0) is 16.4 Å². The van der Waals surface area contributed by atoms with Crippen molar-refractivity contribution in [3.63, 3.8) is 0 Å². The van der Waals surface area contributed by atoms with Crippen molar-refractivity contribution < 1.29 is 8.42 Å². The smallest absolute Gasteiger partial charge is 0.261 e. The first-order chi connectivity index (χ1) is 12.0. The molecule has 1 aliphatic rings.